The third-order valence-electron chi connectivity index (χ3n) is 4.92. The zero-order valence-electron chi connectivity index (χ0n) is 15.2. The summed E-state index contributed by atoms with van der Waals surface area (Å²) in [6.45, 7) is 6.46. The van der Waals surface area contributed by atoms with Gasteiger partial charge in [-0.25, -0.2) is 9.97 Å². The van der Waals surface area contributed by atoms with Crippen LogP contribution < -0.4 is 10.2 Å². The Labute approximate surface area is 152 Å². The molecular weight excluding hydrogens is 328 g/mol. The predicted molar refractivity (Wildman–Crippen MR) is 102 cm³/mol. The highest BCUT2D eigenvalue weighted by Gasteiger charge is 2.28. The molecular formula is C20H24N4O2. The quantitative estimate of drug-likeness (QED) is 0.779. The van der Waals surface area contributed by atoms with Gasteiger partial charge in [-0.2, -0.15) is 0 Å². The summed E-state index contributed by atoms with van der Waals surface area (Å²) >= 11 is 0. The number of hydrogen-bond acceptors (Lipinski definition) is 5. The summed E-state index contributed by atoms with van der Waals surface area (Å²) in [5.74, 6) is 1.36. The van der Waals surface area contributed by atoms with Crippen LogP contribution in [0.25, 0.3) is 22.1 Å². The third-order valence-corrected chi connectivity index (χ3v) is 4.92. The zero-order valence-corrected chi connectivity index (χ0v) is 15.2. The molecule has 3 heterocycles. The second kappa shape index (κ2) is 6.94. The number of furan rings is 1. The van der Waals surface area contributed by atoms with E-state index in [0.29, 0.717) is 18.0 Å². The van der Waals surface area contributed by atoms with E-state index in [9.17, 15) is 4.79 Å². The van der Waals surface area contributed by atoms with Gasteiger partial charge in [-0.05, 0) is 30.9 Å². The van der Waals surface area contributed by atoms with E-state index in [1.165, 1.54) is 0 Å². The van der Waals surface area contributed by atoms with Crippen molar-refractivity contribution >= 4 is 33.8 Å². The van der Waals surface area contributed by atoms with Crippen LogP contribution in [-0.2, 0) is 4.79 Å². The van der Waals surface area contributed by atoms with Crippen LogP contribution in [0.3, 0.4) is 0 Å². The van der Waals surface area contributed by atoms with Gasteiger partial charge in [-0.3, -0.25) is 4.79 Å². The predicted octanol–water partition coefficient (Wildman–Crippen LogP) is 3.36. The van der Waals surface area contributed by atoms with Crippen molar-refractivity contribution in [1.29, 1.82) is 0 Å². The van der Waals surface area contributed by atoms with Gasteiger partial charge in [0.2, 0.25) is 5.91 Å². The molecule has 1 aliphatic heterocycles. The molecule has 6 nitrogen and oxygen atoms in total. The lowest BCUT2D eigenvalue weighted by Crippen LogP contribution is -2.44. The lowest BCUT2D eigenvalue weighted by Gasteiger charge is -2.32. The van der Waals surface area contributed by atoms with Gasteiger partial charge in [0.25, 0.3) is 0 Å². The molecule has 0 unspecified atom stereocenters. The first-order chi connectivity index (χ1) is 12.6. The Morgan fingerprint density at radius 3 is 3.04 bits per heavy atom. The number of carbonyl (C=O) groups excluding carboxylic acids is 1. The highest BCUT2D eigenvalue weighted by molar-refractivity contribution is 6.05. The molecule has 0 saturated carbocycles. The molecule has 136 valence electrons. The van der Waals surface area contributed by atoms with E-state index in [1.807, 2.05) is 24.3 Å². The number of fused-ring (bicyclic) bond motifs is 3. The highest BCUT2D eigenvalue weighted by Crippen LogP contribution is 2.33. The summed E-state index contributed by atoms with van der Waals surface area (Å²) in [6, 6.07) is 7.89. The van der Waals surface area contributed by atoms with Crippen molar-refractivity contribution in [3.05, 3.63) is 30.6 Å². The van der Waals surface area contributed by atoms with Crippen molar-refractivity contribution in [3.63, 3.8) is 0 Å². The van der Waals surface area contributed by atoms with Crippen LogP contribution in [0.2, 0.25) is 0 Å². The zero-order chi connectivity index (χ0) is 18.1. The van der Waals surface area contributed by atoms with Gasteiger partial charge in [0.1, 0.15) is 17.4 Å². The van der Waals surface area contributed by atoms with Crippen molar-refractivity contribution in [2.45, 2.75) is 26.7 Å². The van der Waals surface area contributed by atoms with Gasteiger partial charge >= 0.3 is 0 Å². The fourth-order valence-corrected chi connectivity index (χ4v) is 3.57. The maximum Gasteiger partial charge on any atom is 0.224 e. The van der Waals surface area contributed by atoms with E-state index in [2.05, 4.69) is 34.0 Å². The largest absolute Gasteiger partial charge is 0.450 e. The lowest BCUT2D eigenvalue weighted by atomic mass is 9.97. The highest BCUT2D eigenvalue weighted by atomic mass is 16.3. The van der Waals surface area contributed by atoms with E-state index < -0.39 is 0 Å². The monoisotopic (exact) mass is 352 g/mol. The first-order valence-electron chi connectivity index (χ1n) is 9.28. The molecule has 1 aromatic carbocycles. The standard InChI is InChI=1S/C20H24N4O2/c1-13(2)10-21-20(25)14-6-5-9-24(11-14)19-18-17(22-12-23-19)15-7-3-4-8-16(15)26-18/h3-4,7-8,12-14H,5-6,9-11H2,1-2H3,(H,21,25)/t14-/m0/s1. The van der Waals surface area contributed by atoms with Crippen molar-refractivity contribution < 1.29 is 9.21 Å². The number of piperidine rings is 1. The van der Waals surface area contributed by atoms with Gasteiger partial charge in [0.15, 0.2) is 11.4 Å². The minimum Gasteiger partial charge on any atom is -0.450 e. The van der Waals surface area contributed by atoms with Crippen LogP contribution >= 0.6 is 0 Å². The lowest BCUT2D eigenvalue weighted by molar-refractivity contribution is -0.125. The molecule has 1 aliphatic rings. The smallest absolute Gasteiger partial charge is 0.224 e. The third kappa shape index (κ3) is 3.11. The molecule has 4 rings (SSSR count). The van der Waals surface area contributed by atoms with Crippen LogP contribution in [0.15, 0.2) is 35.0 Å². The fraction of sp³-hybridized carbons (Fsp3) is 0.450. The first kappa shape index (κ1) is 16.8. The molecule has 0 aliphatic carbocycles. The molecule has 2 aromatic heterocycles. The molecule has 6 heteroatoms. The Morgan fingerprint density at radius 1 is 1.35 bits per heavy atom. The number of benzene rings is 1. The van der Waals surface area contributed by atoms with E-state index in [0.717, 1.165) is 48.2 Å². The topological polar surface area (TPSA) is 71.3 Å². The van der Waals surface area contributed by atoms with Crippen molar-refractivity contribution in [2.75, 3.05) is 24.5 Å². The first-order valence-corrected chi connectivity index (χ1v) is 9.28. The SMILES string of the molecule is CC(C)CNC(=O)[C@H]1CCCN(c2ncnc3c2oc2ccccc23)C1. The number of rotatable bonds is 4. The summed E-state index contributed by atoms with van der Waals surface area (Å²) in [5.41, 5.74) is 2.35. The number of nitrogens with zero attached hydrogens (tertiary/aromatic N) is 3. The van der Waals surface area contributed by atoms with Crippen LogP contribution in [0, 0.1) is 11.8 Å². The van der Waals surface area contributed by atoms with E-state index in [1.54, 1.807) is 6.33 Å². The second-order valence-corrected chi connectivity index (χ2v) is 7.40. The molecule has 1 atom stereocenters. The molecule has 3 aromatic rings. The molecule has 0 radical (unpaired) electrons. The van der Waals surface area contributed by atoms with Crippen molar-refractivity contribution in [3.8, 4) is 0 Å². The molecule has 1 amide bonds. The molecule has 1 fully saturated rings. The number of hydrogen-bond donors (Lipinski definition) is 1. The molecule has 0 bridgehead atoms. The summed E-state index contributed by atoms with van der Waals surface area (Å²) in [6.07, 6.45) is 3.46. The second-order valence-electron chi connectivity index (χ2n) is 7.40. The molecule has 1 N–H and O–H groups in total. The molecule has 0 spiro atoms. The number of anilines is 1. The summed E-state index contributed by atoms with van der Waals surface area (Å²) < 4.78 is 6.04. The maximum atomic E-state index is 12.5. The average molecular weight is 352 g/mol. The maximum absolute atomic E-state index is 12.5. The number of amides is 1. The van der Waals surface area contributed by atoms with Crippen LogP contribution in [0.4, 0.5) is 5.82 Å². The summed E-state index contributed by atoms with van der Waals surface area (Å²) in [4.78, 5) is 23.6. The Kier molecular flexibility index (Phi) is 4.49. The number of nitrogens with one attached hydrogen (secondary N) is 1. The Morgan fingerprint density at radius 2 is 2.19 bits per heavy atom. The van der Waals surface area contributed by atoms with Crippen molar-refractivity contribution in [2.24, 2.45) is 11.8 Å². The number of carbonyl (C=O) groups is 1. The average Bonchev–Trinajstić information content (AvgIpc) is 3.05. The van der Waals surface area contributed by atoms with E-state index in [4.69, 9.17) is 4.42 Å². The van der Waals surface area contributed by atoms with E-state index in [-0.39, 0.29) is 11.8 Å². The van der Waals surface area contributed by atoms with Crippen LogP contribution in [0.5, 0.6) is 0 Å². The van der Waals surface area contributed by atoms with Gasteiger partial charge in [0, 0.05) is 25.0 Å². The number of para-hydroxylation sites is 1. The Hall–Kier alpha value is -2.63. The normalized spacial score (nSPS) is 18.0. The van der Waals surface area contributed by atoms with Gasteiger partial charge in [0.05, 0.1) is 5.92 Å². The van der Waals surface area contributed by atoms with E-state index >= 15 is 0 Å². The minimum absolute atomic E-state index is 0.0168. The summed E-state index contributed by atoms with van der Waals surface area (Å²) in [7, 11) is 0. The summed E-state index contributed by atoms with van der Waals surface area (Å²) in [5, 5.41) is 4.06. The molecule has 1 saturated heterocycles. The Balaban J connectivity index is 1.62. The molecule has 26 heavy (non-hydrogen) atoms. The van der Waals surface area contributed by atoms with Gasteiger partial charge < -0.3 is 14.6 Å². The van der Waals surface area contributed by atoms with Crippen molar-refractivity contribution in [1.82, 2.24) is 15.3 Å². The number of aromatic nitrogens is 2. The van der Waals surface area contributed by atoms with Gasteiger partial charge in [-0.1, -0.05) is 26.0 Å². The Bertz CT molecular complexity index is 934. The van der Waals surface area contributed by atoms with Crippen LogP contribution in [-0.4, -0.2) is 35.5 Å². The fourth-order valence-electron chi connectivity index (χ4n) is 3.57. The van der Waals surface area contributed by atoms with Gasteiger partial charge in [-0.15, -0.1) is 0 Å². The minimum atomic E-state index is -0.0168. The van der Waals surface area contributed by atoms with Crippen LogP contribution in [0.1, 0.15) is 26.7 Å².